The van der Waals surface area contributed by atoms with Gasteiger partial charge in [0, 0.05) is 58.9 Å². The molecule has 0 amide bonds. The summed E-state index contributed by atoms with van der Waals surface area (Å²) in [6, 6.07) is 51.0. The Morgan fingerprint density at radius 1 is 0.333 bits per heavy atom. The van der Waals surface area contributed by atoms with Gasteiger partial charge < -0.3 is 60.3 Å². The van der Waals surface area contributed by atoms with Crippen molar-refractivity contribution in [2.24, 2.45) is 0 Å². The van der Waals surface area contributed by atoms with Crippen LogP contribution in [-0.2, 0) is 38.5 Å². The number of hydrogen-bond acceptors (Lipinski definition) is 12. The predicted octanol–water partition coefficient (Wildman–Crippen LogP) is 7.26. The highest BCUT2D eigenvalue weighted by Crippen LogP contribution is 2.24. The van der Waals surface area contributed by atoms with Gasteiger partial charge in [0.25, 0.3) is 0 Å². The highest BCUT2D eigenvalue weighted by molar-refractivity contribution is 5.38. The molecule has 6 aromatic carbocycles. The standard InChI is InChI=1S/3C20H26N2O2/c3*1-23-19-10-7-16(8-11-19)6-9-17-4-2-3-5-20(17)24-15-18-14-21-12-13-22-18/h3*2-5,7-8,10-11,18,21-22H,6,9,12-15H2,1H3/t2*18-;/m10./s1. The summed E-state index contributed by atoms with van der Waals surface area (Å²) in [4.78, 5) is 0. The van der Waals surface area contributed by atoms with Crippen molar-refractivity contribution in [1.82, 2.24) is 31.9 Å². The molecule has 9 rings (SSSR count). The van der Waals surface area contributed by atoms with Crippen LogP contribution in [0.4, 0.5) is 0 Å². The van der Waals surface area contributed by atoms with Crippen LogP contribution in [0.1, 0.15) is 33.4 Å². The van der Waals surface area contributed by atoms with Crippen molar-refractivity contribution in [2.45, 2.75) is 56.7 Å². The molecule has 0 aromatic heterocycles. The number of benzene rings is 6. The SMILES string of the molecule is COc1ccc(CCc2ccccc2OCC2CNCCN2)cc1.COc1ccc(CCc2ccccc2OC[C@@H]2CNCCN2)cc1.COc1ccc(CCc2ccccc2OC[C@H]2CNCCN2)cc1. The molecule has 12 heteroatoms. The Bertz CT molecular complexity index is 2130. The van der Waals surface area contributed by atoms with Crippen LogP contribution in [0.15, 0.2) is 146 Å². The van der Waals surface area contributed by atoms with E-state index < -0.39 is 0 Å². The average molecular weight is 979 g/mol. The molecule has 3 saturated heterocycles. The molecule has 12 nitrogen and oxygen atoms in total. The van der Waals surface area contributed by atoms with E-state index in [9.17, 15) is 0 Å². The van der Waals surface area contributed by atoms with Gasteiger partial charge in [0.05, 0.1) is 39.5 Å². The number of rotatable bonds is 21. The first-order valence-electron chi connectivity index (χ1n) is 25.9. The van der Waals surface area contributed by atoms with Crippen LogP contribution < -0.4 is 60.3 Å². The highest BCUT2D eigenvalue weighted by atomic mass is 16.5. The molecule has 0 radical (unpaired) electrons. The molecule has 6 aromatic rings. The summed E-state index contributed by atoms with van der Waals surface area (Å²) in [5, 5.41) is 20.6. The van der Waals surface area contributed by atoms with E-state index in [4.69, 9.17) is 28.4 Å². The third kappa shape index (κ3) is 18.5. The summed E-state index contributed by atoms with van der Waals surface area (Å²) in [5.41, 5.74) is 7.71. The molecular weight excluding hydrogens is 901 g/mol. The van der Waals surface area contributed by atoms with Crippen molar-refractivity contribution in [2.75, 3.05) is 100 Å². The Hall–Kier alpha value is -6.12. The fraction of sp³-hybridized carbons (Fsp3) is 0.400. The van der Waals surface area contributed by atoms with Crippen molar-refractivity contribution in [3.05, 3.63) is 179 Å². The van der Waals surface area contributed by atoms with Crippen LogP contribution in [-0.4, -0.2) is 118 Å². The highest BCUT2D eigenvalue weighted by Gasteiger charge is 2.16. The van der Waals surface area contributed by atoms with Gasteiger partial charge in [-0.15, -0.1) is 0 Å². The fourth-order valence-corrected chi connectivity index (χ4v) is 8.83. The van der Waals surface area contributed by atoms with Gasteiger partial charge >= 0.3 is 0 Å². The number of piperazine rings is 3. The maximum atomic E-state index is 6.08. The topological polar surface area (TPSA) is 128 Å². The van der Waals surface area contributed by atoms with E-state index in [2.05, 4.69) is 123 Å². The summed E-state index contributed by atoms with van der Waals surface area (Å²) in [5.74, 6) is 5.69. The lowest BCUT2D eigenvalue weighted by Crippen LogP contribution is -2.51. The van der Waals surface area contributed by atoms with Crippen LogP contribution in [0.25, 0.3) is 0 Å². The fourth-order valence-electron chi connectivity index (χ4n) is 8.83. The molecule has 0 aliphatic carbocycles. The second-order valence-electron chi connectivity index (χ2n) is 18.4. The minimum atomic E-state index is 0.383. The molecule has 3 fully saturated rings. The molecule has 0 saturated carbocycles. The number of hydrogen-bond donors (Lipinski definition) is 6. The lowest BCUT2D eigenvalue weighted by atomic mass is 10.0. The van der Waals surface area contributed by atoms with Crippen molar-refractivity contribution in [3.63, 3.8) is 0 Å². The molecule has 0 bridgehead atoms. The van der Waals surface area contributed by atoms with E-state index in [0.717, 1.165) is 132 Å². The minimum Gasteiger partial charge on any atom is -0.497 e. The van der Waals surface area contributed by atoms with Crippen LogP contribution >= 0.6 is 0 Å². The van der Waals surface area contributed by atoms with E-state index >= 15 is 0 Å². The Balaban J connectivity index is 0.000000158. The molecule has 72 heavy (non-hydrogen) atoms. The third-order valence-electron chi connectivity index (χ3n) is 13.1. The maximum Gasteiger partial charge on any atom is 0.122 e. The molecule has 3 heterocycles. The summed E-state index contributed by atoms with van der Waals surface area (Å²) in [7, 11) is 5.08. The summed E-state index contributed by atoms with van der Waals surface area (Å²) in [6.45, 7) is 11.1. The van der Waals surface area contributed by atoms with Gasteiger partial charge in [0.15, 0.2) is 0 Å². The van der Waals surface area contributed by atoms with Gasteiger partial charge in [-0.1, -0.05) is 91.0 Å². The monoisotopic (exact) mass is 979 g/mol. The third-order valence-corrected chi connectivity index (χ3v) is 13.1. The first-order valence-corrected chi connectivity index (χ1v) is 25.9. The van der Waals surface area contributed by atoms with Gasteiger partial charge in [-0.25, -0.2) is 0 Å². The number of nitrogens with one attached hydrogen (secondary N) is 6. The number of ether oxygens (including phenoxy) is 6. The van der Waals surface area contributed by atoms with E-state index in [1.807, 2.05) is 54.6 Å². The van der Waals surface area contributed by atoms with Gasteiger partial charge in [0.2, 0.25) is 0 Å². The lowest BCUT2D eigenvalue weighted by molar-refractivity contribution is 0.245. The second kappa shape index (κ2) is 30.7. The Kier molecular flexibility index (Phi) is 22.9. The first kappa shape index (κ1) is 53.7. The Morgan fingerprint density at radius 2 is 0.611 bits per heavy atom. The normalized spacial score (nSPS) is 17.5. The molecule has 6 N–H and O–H groups in total. The van der Waals surface area contributed by atoms with Gasteiger partial charge in [-0.2, -0.15) is 0 Å². The van der Waals surface area contributed by atoms with Crippen LogP contribution in [0, 0.1) is 0 Å². The molecule has 384 valence electrons. The zero-order chi connectivity index (χ0) is 49.8. The van der Waals surface area contributed by atoms with E-state index in [-0.39, 0.29) is 0 Å². The largest absolute Gasteiger partial charge is 0.497 e. The molecule has 3 atom stereocenters. The quantitative estimate of drug-likeness (QED) is 0.0435. The van der Waals surface area contributed by atoms with Crippen molar-refractivity contribution >= 4 is 0 Å². The van der Waals surface area contributed by atoms with Crippen LogP contribution in [0.5, 0.6) is 34.5 Å². The zero-order valence-corrected chi connectivity index (χ0v) is 42.8. The number of aryl methyl sites for hydroxylation is 6. The molecule has 0 spiro atoms. The average Bonchev–Trinajstić information content (AvgIpc) is 3.46. The smallest absolute Gasteiger partial charge is 0.122 e. The van der Waals surface area contributed by atoms with Crippen molar-refractivity contribution in [3.8, 4) is 34.5 Å². The van der Waals surface area contributed by atoms with E-state index in [0.29, 0.717) is 37.9 Å². The summed E-state index contributed by atoms with van der Waals surface area (Å²) in [6.07, 6.45) is 5.89. The van der Waals surface area contributed by atoms with Crippen LogP contribution in [0.3, 0.4) is 0 Å². The van der Waals surface area contributed by atoms with Crippen molar-refractivity contribution < 1.29 is 28.4 Å². The Labute approximate surface area is 428 Å². The summed E-state index contributed by atoms with van der Waals surface area (Å²) >= 11 is 0. The lowest BCUT2D eigenvalue weighted by Gasteiger charge is -2.25. The van der Waals surface area contributed by atoms with Gasteiger partial charge in [0.1, 0.15) is 54.3 Å². The predicted molar refractivity (Wildman–Crippen MR) is 291 cm³/mol. The minimum absolute atomic E-state index is 0.383. The van der Waals surface area contributed by atoms with Crippen LogP contribution in [0.2, 0.25) is 0 Å². The first-order chi connectivity index (χ1) is 35.5. The maximum absolute atomic E-state index is 6.08. The van der Waals surface area contributed by atoms with Gasteiger partial charge in [-0.05, 0) is 127 Å². The van der Waals surface area contributed by atoms with Crippen molar-refractivity contribution in [1.29, 1.82) is 0 Å². The zero-order valence-electron chi connectivity index (χ0n) is 42.8. The van der Waals surface area contributed by atoms with Gasteiger partial charge in [-0.3, -0.25) is 0 Å². The molecule has 3 aliphatic heterocycles. The molecular formula is C60H78N6O6. The number of para-hydroxylation sites is 3. The molecule has 3 aliphatic rings. The van der Waals surface area contributed by atoms with E-state index in [1.54, 1.807) is 21.3 Å². The number of methoxy groups -OCH3 is 3. The van der Waals surface area contributed by atoms with E-state index in [1.165, 1.54) is 33.4 Å². The Morgan fingerprint density at radius 3 is 0.861 bits per heavy atom. The summed E-state index contributed by atoms with van der Waals surface area (Å²) < 4.78 is 33.9. The second-order valence-corrected chi connectivity index (χ2v) is 18.4. The molecule has 1 unspecified atom stereocenters.